The minimum absolute atomic E-state index is 0.0519. The maximum atomic E-state index is 12.2. The lowest BCUT2D eigenvalue weighted by molar-refractivity contribution is -0.384. The zero-order valence-corrected chi connectivity index (χ0v) is 15.6. The second kappa shape index (κ2) is 9.04. The third kappa shape index (κ3) is 4.98. The second-order valence-electron chi connectivity index (χ2n) is 5.48. The summed E-state index contributed by atoms with van der Waals surface area (Å²) in [7, 11) is -1.36. The van der Waals surface area contributed by atoms with Crippen molar-refractivity contribution in [2.24, 2.45) is 0 Å². The first-order valence-electron chi connectivity index (χ1n) is 8.03. The van der Waals surface area contributed by atoms with E-state index >= 15 is 0 Å². The summed E-state index contributed by atoms with van der Waals surface area (Å²) in [5, 5.41) is 13.5. The minimum atomic E-state index is -1.36. The maximum Gasteiger partial charge on any atom is 0.339 e. The summed E-state index contributed by atoms with van der Waals surface area (Å²) in [6.07, 6.45) is 0. The van der Waals surface area contributed by atoms with Gasteiger partial charge in [-0.1, -0.05) is 31.2 Å². The van der Waals surface area contributed by atoms with Crippen LogP contribution in [-0.2, 0) is 20.3 Å². The van der Waals surface area contributed by atoms with Crippen molar-refractivity contribution in [1.29, 1.82) is 0 Å². The van der Waals surface area contributed by atoms with Gasteiger partial charge in [0.15, 0.2) is 6.61 Å². The summed E-state index contributed by atoms with van der Waals surface area (Å²) >= 11 is 0. The number of esters is 1. The first-order chi connectivity index (χ1) is 12.8. The third-order valence-corrected chi connectivity index (χ3v) is 5.03. The smallest absolute Gasteiger partial charge is 0.339 e. The zero-order chi connectivity index (χ0) is 20.0. The Balaban J connectivity index is 2.08. The summed E-state index contributed by atoms with van der Waals surface area (Å²) in [6, 6.07) is 10.7. The normalized spacial score (nSPS) is 11.5. The molecule has 0 aliphatic rings. The third-order valence-electron chi connectivity index (χ3n) is 3.66. The molecule has 0 heterocycles. The Morgan fingerprint density at radius 2 is 1.89 bits per heavy atom. The van der Waals surface area contributed by atoms with Crippen LogP contribution in [0.3, 0.4) is 0 Å². The topological polar surface area (TPSA) is 116 Å². The van der Waals surface area contributed by atoms with Crippen molar-refractivity contribution in [2.45, 2.75) is 18.7 Å². The van der Waals surface area contributed by atoms with Gasteiger partial charge in [-0.2, -0.15) is 0 Å². The van der Waals surface area contributed by atoms with Crippen LogP contribution >= 0.6 is 0 Å². The highest BCUT2D eigenvalue weighted by molar-refractivity contribution is 7.85. The summed E-state index contributed by atoms with van der Waals surface area (Å²) in [6.45, 7) is 2.71. The molecule has 142 valence electrons. The average Bonchev–Trinajstić information content (AvgIpc) is 2.66. The number of carbonyl (C=O) groups is 2. The molecule has 0 aliphatic carbocycles. The molecule has 1 amide bonds. The molecular weight excluding hydrogens is 372 g/mol. The van der Waals surface area contributed by atoms with E-state index in [0.717, 1.165) is 0 Å². The number of para-hydroxylation sites is 1. The summed E-state index contributed by atoms with van der Waals surface area (Å²) in [5.41, 5.74) is 0.425. The predicted octanol–water partition coefficient (Wildman–Crippen LogP) is 2.83. The molecule has 0 fully saturated rings. The molecule has 0 unspecified atom stereocenters. The number of nitrogens with zero attached hydrogens (tertiary/aromatic N) is 1. The zero-order valence-electron chi connectivity index (χ0n) is 14.8. The minimum Gasteiger partial charge on any atom is -0.452 e. The molecular formula is C18H18N2O6S. The fourth-order valence-electron chi connectivity index (χ4n) is 2.34. The number of nitro benzene ring substituents is 1. The average molecular weight is 390 g/mol. The predicted molar refractivity (Wildman–Crippen MR) is 100 cm³/mol. The van der Waals surface area contributed by atoms with Crippen molar-refractivity contribution in [3.8, 4) is 0 Å². The number of benzene rings is 2. The highest BCUT2D eigenvalue weighted by Crippen LogP contribution is 2.27. The molecule has 0 bridgehead atoms. The van der Waals surface area contributed by atoms with Crippen LogP contribution in [-0.4, -0.2) is 33.4 Å². The Hall–Kier alpha value is -3.07. The highest BCUT2D eigenvalue weighted by atomic mass is 32.2. The molecule has 2 aromatic rings. The lowest BCUT2D eigenvalue weighted by atomic mass is 10.1. The van der Waals surface area contributed by atoms with Crippen molar-refractivity contribution in [3.05, 3.63) is 63.7 Å². The summed E-state index contributed by atoms with van der Waals surface area (Å²) < 4.78 is 17.0. The lowest BCUT2D eigenvalue weighted by Gasteiger charge is -2.10. The number of rotatable bonds is 7. The Bertz CT molecular complexity index is 912. The van der Waals surface area contributed by atoms with Gasteiger partial charge in [-0.05, 0) is 24.6 Å². The van der Waals surface area contributed by atoms with Crippen LogP contribution in [0.15, 0.2) is 47.4 Å². The number of aryl methyl sites for hydroxylation is 1. The van der Waals surface area contributed by atoms with Crippen LogP contribution < -0.4 is 5.32 Å². The fraction of sp³-hybridized carbons (Fsp3) is 0.222. The molecule has 2 rings (SSSR count). The summed E-state index contributed by atoms with van der Waals surface area (Å²) in [5.74, 6) is -1.17. The number of carbonyl (C=O) groups excluding carboxylic acids is 2. The van der Waals surface area contributed by atoms with Gasteiger partial charge < -0.3 is 10.1 Å². The standard InChI is InChI=1S/C18H18N2O6S/c1-3-27(25)15-10-5-4-8-13(15)18(22)26-11-16(21)19-17-12(2)7-6-9-14(17)20(23)24/h4-10H,3,11H2,1-2H3,(H,19,21)/t27-/m1/s1. The summed E-state index contributed by atoms with van der Waals surface area (Å²) in [4.78, 5) is 35.1. The van der Waals surface area contributed by atoms with E-state index in [1.165, 1.54) is 18.2 Å². The van der Waals surface area contributed by atoms with Gasteiger partial charge in [0.1, 0.15) is 5.69 Å². The van der Waals surface area contributed by atoms with Crippen molar-refractivity contribution >= 4 is 34.1 Å². The van der Waals surface area contributed by atoms with E-state index in [4.69, 9.17) is 4.74 Å². The Kier molecular flexibility index (Phi) is 6.78. The largest absolute Gasteiger partial charge is 0.452 e. The molecule has 0 aliphatic heterocycles. The number of nitro groups is 1. The number of amides is 1. The highest BCUT2D eigenvalue weighted by Gasteiger charge is 2.20. The number of anilines is 1. The Labute approximate surface area is 158 Å². The van der Waals surface area contributed by atoms with Crippen molar-refractivity contribution in [1.82, 2.24) is 0 Å². The molecule has 1 atom stereocenters. The van der Waals surface area contributed by atoms with Crippen LogP contribution in [0.25, 0.3) is 0 Å². The number of hydrogen-bond donors (Lipinski definition) is 1. The molecule has 2 aromatic carbocycles. The van der Waals surface area contributed by atoms with Gasteiger partial charge in [0.05, 0.1) is 26.2 Å². The van der Waals surface area contributed by atoms with E-state index in [0.29, 0.717) is 16.2 Å². The fourth-order valence-corrected chi connectivity index (χ4v) is 3.28. The number of hydrogen-bond acceptors (Lipinski definition) is 6. The van der Waals surface area contributed by atoms with Crippen LogP contribution in [0, 0.1) is 17.0 Å². The molecule has 8 nitrogen and oxygen atoms in total. The van der Waals surface area contributed by atoms with Crippen molar-refractivity contribution in [2.75, 3.05) is 17.7 Å². The van der Waals surface area contributed by atoms with Crippen LogP contribution in [0.2, 0.25) is 0 Å². The van der Waals surface area contributed by atoms with Crippen molar-refractivity contribution in [3.63, 3.8) is 0 Å². The van der Waals surface area contributed by atoms with Gasteiger partial charge in [0, 0.05) is 11.8 Å². The Morgan fingerprint density at radius 3 is 2.56 bits per heavy atom. The van der Waals surface area contributed by atoms with Gasteiger partial charge in [0.25, 0.3) is 11.6 Å². The van der Waals surface area contributed by atoms with Crippen LogP contribution in [0.5, 0.6) is 0 Å². The van der Waals surface area contributed by atoms with Gasteiger partial charge >= 0.3 is 5.97 Å². The maximum absolute atomic E-state index is 12.2. The first kappa shape index (κ1) is 20.2. The monoisotopic (exact) mass is 390 g/mol. The molecule has 27 heavy (non-hydrogen) atoms. The van der Waals surface area contributed by atoms with Gasteiger partial charge in [0.2, 0.25) is 0 Å². The Morgan fingerprint density at radius 1 is 1.19 bits per heavy atom. The molecule has 0 saturated heterocycles. The lowest BCUT2D eigenvalue weighted by Crippen LogP contribution is -2.22. The molecule has 0 aromatic heterocycles. The second-order valence-corrected chi connectivity index (χ2v) is 7.19. The van der Waals surface area contributed by atoms with Crippen LogP contribution in [0.4, 0.5) is 11.4 Å². The van der Waals surface area contributed by atoms with Gasteiger partial charge in [-0.25, -0.2) is 4.79 Å². The van der Waals surface area contributed by atoms with E-state index in [1.54, 1.807) is 38.1 Å². The number of nitrogens with one attached hydrogen (secondary N) is 1. The molecule has 0 spiro atoms. The molecule has 1 N–H and O–H groups in total. The molecule has 9 heteroatoms. The van der Waals surface area contributed by atoms with Gasteiger partial charge in [-0.15, -0.1) is 0 Å². The van der Waals surface area contributed by atoms with Gasteiger partial charge in [-0.3, -0.25) is 19.1 Å². The molecule has 0 radical (unpaired) electrons. The van der Waals surface area contributed by atoms with E-state index in [9.17, 15) is 23.9 Å². The van der Waals surface area contributed by atoms with E-state index in [2.05, 4.69) is 5.32 Å². The van der Waals surface area contributed by atoms with E-state index in [1.807, 2.05) is 0 Å². The molecule has 0 saturated carbocycles. The van der Waals surface area contributed by atoms with E-state index in [-0.39, 0.29) is 16.9 Å². The van der Waals surface area contributed by atoms with Crippen LogP contribution in [0.1, 0.15) is 22.8 Å². The first-order valence-corrected chi connectivity index (χ1v) is 9.35. The quantitative estimate of drug-likeness (QED) is 0.441. The number of ether oxygens (including phenoxy) is 1. The SMILES string of the molecule is CC[S@@](=O)c1ccccc1C(=O)OCC(=O)Nc1c(C)cccc1[N+](=O)[O-]. The van der Waals surface area contributed by atoms with Crippen molar-refractivity contribution < 1.29 is 23.5 Å². The van der Waals surface area contributed by atoms with E-state index < -0.39 is 34.2 Å².